The normalized spacial score (nSPS) is 10.9. The Morgan fingerprint density at radius 1 is 1.15 bits per heavy atom. The molecule has 100 valence electrons. The molecule has 2 heterocycles. The summed E-state index contributed by atoms with van der Waals surface area (Å²) in [5, 5.41) is 1.48. The van der Waals surface area contributed by atoms with Crippen LogP contribution < -0.4 is 0 Å². The molecule has 0 amide bonds. The summed E-state index contributed by atoms with van der Waals surface area (Å²) in [5.41, 5.74) is 1.45. The lowest BCUT2D eigenvalue weighted by Crippen LogP contribution is -2.01. The van der Waals surface area contributed by atoms with Gasteiger partial charge in [0.25, 0.3) is 0 Å². The number of carbonyl (C=O) groups excluding carboxylic acids is 1. The van der Waals surface area contributed by atoms with Gasteiger partial charge in [-0.2, -0.15) is 0 Å². The highest BCUT2D eigenvalue weighted by Gasteiger charge is 2.19. The fraction of sp³-hybridized carbons (Fsp3) is 0. The topological polar surface area (TPSA) is 45.8 Å². The number of nitrogens with one attached hydrogen (secondary N) is 1. The summed E-state index contributed by atoms with van der Waals surface area (Å²) < 4.78 is 0.786. The van der Waals surface area contributed by atoms with Crippen LogP contribution in [0.15, 0.2) is 41.1 Å². The SMILES string of the molecule is O=C(c1cc(Br)ccc1Cl)c1c[nH]c2nccc(Cl)c12. The number of benzene rings is 1. The van der Waals surface area contributed by atoms with Gasteiger partial charge in [0.2, 0.25) is 0 Å². The second-order valence-electron chi connectivity index (χ2n) is 4.17. The van der Waals surface area contributed by atoms with Crippen molar-refractivity contribution in [3.05, 3.63) is 62.3 Å². The predicted molar refractivity (Wildman–Crippen MR) is 83.7 cm³/mol. The van der Waals surface area contributed by atoms with Gasteiger partial charge < -0.3 is 4.98 Å². The second kappa shape index (κ2) is 5.20. The number of hydrogen-bond acceptors (Lipinski definition) is 2. The summed E-state index contributed by atoms with van der Waals surface area (Å²) >= 11 is 15.6. The predicted octanol–water partition coefficient (Wildman–Crippen LogP) is 4.86. The molecular weight excluding hydrogens is 363 g/mol. The molecule has 6 heteroatoms. The van der Waals surface area contributed by atoms with E-state index in [2.05, 4.69) is 25.9 Å². The first kappa shape index (κ1) is 13.6. The lowest BCUT2D eigenvalue weighted by molar-refractivity contribution is 0.104. The van der Waals surface area contributed by atoms with Crippen LogP contribution in [0.4, 0.5) is 0 Å². The maximum atomic E-state index is 12.6. The van der Waals surface area contributed by atoms with E-state index < -0.39 is 0 Å². The van der Waals surface area contributed by atoms with E-state index in [4.69, 9.17) is 23.2 Å². The first-order valence-electron chi connectivity index (χ1n) is 5.69. The van der Waals surface area contributed by atoms with Gasteiger partial charge in [0.15, 0.2) is 5.78 Å². The number of fused-ring (bicyclic) bond motifs is 1. The molecule has 0 saturated carbocycles. The van der Waals surface area contributed by atoms with Crippen molar-refractivity contribution in [2.24, 2.45) is 0 Å². The number of aromatic nitrogens is 2. The number of aromatic amines is 1. The minimum absolute atomic E-state index is 0.197. The van der Waals surface area contributed by atoms with Crippen molar-refractivity contribution in [1.82, 2.24) is 9.97 Å². The molecule has 3 nitrogen and oxygen atoms in total. The van der Waals surface area contributed by atoms with Crippen molar-refractivity contribution in [1.29, 1.82) is 0 Å². The fourth-order valence-corrected chi connectivity index (χ4v) is 2.82. The Kier molecular flexibility index (Phi) is 3.54. The van der Waals surface area contributed by atoms with Gasteiger partial charge in [-0.3, -0.25) is 4.79 Å². The summed E-state index contributed by atoms with van der Waals surface area (Å²) in [6, 6.07) is 6.79. The lowest BCUT2D eigenvalue weighted by atomic mass is 10.0. The molecule has 0 aliphatic carbocycles. The van der Waals surface area contributed by atoms with E-state index in [0.717, 1.165) is 4.47 Å². The van der Waals surface area contributed by atoms with Crippen LogP contribution in [0.25, 0.3) is 11.0 Å². The van der Waals surface area contributed by atoms with E-state index in [1.807, 2.05) is 0 Å². The van der Waals surface area contributed by atoms with E-state index in [1.54, 1.807) is 36.7 Å². The minimum atomic E-state index is -0.197. The van der Waals surface area contributed by atoms with Gasteiger partial charge in [-0.25, -0.2) is 4.98 Å². The summed E-state index contributed by atoms with van der Waals surface area (Å²) in [4.78, 5) is 19.7. The van der Waals surface area contributed by atoms with Gasteiger partial charge in [0.1, 0.15) is 5.65 Å². The molecule has 2 aromatic heterocycles. The van der Waals surface area contributed by atoms with Gasteiger partial charge in [-0.1, -0.05) is 39.1 Å². The molecule has 20 heavy (non-hydrogen) atoms. The summed E-state index contributed by atoms with van der Waals surface area (Å²) in [5.74, 6) is -0.197. The molecular formula is C14H7BrCl2N2O. The molecule has 0 unspecified atom stereocenters. The Bertz CT molecular complexity index is 829. The average molecular weight is 370 g/mol. The standard InChI is InChI=1S/C14H7BrCl2N2O/c15-7-1-2-10(16)8(5-7)13(20)9-6-19-14-12(9)11(17)3-4-18-14/h1-6H,(H,18,19). The Morgan fingerprint density at radius 3 is 2.75 bits per heavy atom. The van der Waals surface area contributed by atoms with Gasteiger partial charge >= 0.3 is 0 Å². The Balaban J connectivity index is 2.21. The number of ketones is 1. The number of pyridine rings is 1. The lowest BCUT2D eigenvalue weighted by Gasteiger charge is -2.04. The summed E-state index contributed by atoms with van der Waals surface area (Å²) in [7, 11) is 0. The Hall–Kier alpha value is -1.36. The molecule has 0 bridgehead atoms. The third-order valence-electron chi connectivity index (χ3n) is 2.94. The summed E-state index contributed by atoms with van der Waals surface area (Å²) in [6.45, 7) is 0. The van der Waals surface area contributed by atoms with E-state index in [1.165, 1.54) is 0 Å². The zero-order chi connectivity index (χ0) is 14.3. The summed E-state index contributed by atoms with van der Waals surface area (Å²) in [6.07, 6.45) is 3.19. The second-order valence-corrected chi connectivity index (χ2v) is 5.90. The van der Waals surface area contributed by atoms with E-state index in [0.29, 0.717) is 32.2 Å². The van der Waals surface area contributed by atoms with Crippen molar-refractivity contribution in [2.75, 3.05) is 0 Å². The highest BCUT2D eigenvalue weighted by molar-refractivity contribution is 9.10. The Morgan fingerprint density at radius 2 is 1.95 bits per heavy atom. The zero-order valence-electron chi connectivity index (χ0n) is 9.95. The van der Waals surface area contributed by atoms with E-state index in [9.17, 15) is 4.79 Å². The number of H-pyrrole nitrogens is 1. The highest BCUT2D eigenvalue weighted by Crippen LogP contribution is 2.29. The van der Waals surface area contributed by atoms with Crippen LogP contribution in [-0.4, -0.2) is 15.8 Å². The Labute approximate surface area is 133 Å². The molecule has 1 aromatic carbocycles. The van der Waals surface area contributed by atoms with Crippen LogP contribution in [0.5, 0.6) is 0 Å². The van der Waals surface area contributed by atoms with Crippen LogP contribution in [0.3, 0.4) is 0 Å². The third kappa shape index (κ3) is 2.24. The molecule has 3 aromatic rings. The monoisotopic (exact) mass is 368 g/mol. The minimum Gasteiger partial charge on any atom is -0.345 e. The third-order valence-corrected chi connectivity index (χ3v) is 4.08. The van der Waals surface area contributed by atoms with Gasteiger partial charge in [0.05, 0.1) is 15.6 Å². The molecule has 0 radical (unpaired) electrons. The number of rotatable bonds is 2. The van der Waals surface area contributed by atoms with Crippen LogP contribution in [-0.2, 0) is 0 Å². The molecule has 0 fully saturated rings. The fourth-order valence-electron chi connectivity index (χ4n) is 2.01. The van der Waals surface area contributed by atoms with Crippen molar-refractivity contribution in [3.8, 4) is 0 Å². The van der Waals surface area contributed by atoms with Crippen molar-refractivity contribution < 1.29 is 4.79 Å². The van der Waals surface area contributed by atoms with Gasteiger partial charge in [0, 0.05) is 27.8 Å². The largest absolute Gasteiger partial charge is 0.345 e. The molecule has 0 aliphatic rings. The molecule has 3 rings (SSSR count). The van der Waals surface area contributed by atoms with Crippen LogP contribution in [0.1, 0.15) is 15.9 Å². The van der Waals surface area contributed by atoms with Crippen molar-refractivity contribution in [3.63, 3.8) is 0 Å². The van der Waals surface area contributed by atoms with Crippen molar-refractivity contribution in [2.45, 2.75) is 0 Å². The highest BCUT2D eigenvalue weighted by atomic mass is 79.9. The molecule has 0 spiro atoms. The quantitative estimate of drug-likeness (QED) is 0.655. The zero-order valence-corrected chi connectivity index (χ0v) is 13.1. The first-order chi connectivity index (χ1) is 9.58. The van der Waals surface area contributed by atoms with Crippen LogP contribution in [0.2, 0.25) is 10.0 Å². The number of halogens is 3. The number of carbonyl (C=O) groups is 1. The van der Waals surface area contributed by atoms with Crippen LogP contribution in [0, 0.1) is 0 Å². The molecule has 0 saturated heterocycles. The van der Waals surface area contributed by atoms with E-state index >= 15 is 0 Å². The smallest absolute Gasteiger partial charge is 0.196 e. The molecule has 0 aliphatic heterocycles. The van der Waals surface area contributed by atoms with Crippen LogP contribution >= 0.6 is 39.1 Å². The van der Waals surface area contributed by atoms with Gasteiger partial charge in [-0.15, -0.1) is 0 Å². The van der Waals surface area contributed by atoms with Crippen molar-refractivity contribution >= 4 is 55.9 Å². The molecule has 0 atom stereocenters. The van der Waals surface area contributed by atoms with Gasteiger partial charge in [-0.05, 0) is 24.3 Å². The maximum Gasteiger partial charge on any atom is 0.196 e. The molecule has 1 N–H and O–H groups in total. The average Bonchev–Trinajstić information content (AvgIpc) is 2.86. The number of nitrogens with zero attached hydrogens (tertiary/aromatic N) is 1. The first-order valence-corrected chi connectivity index (χ1v) is 7.24. The van der Waals surface area contributed by atoms with E-state index in [-0.39, 0.29) is 5.78 Å². The maximum absolute atomic E-state index is 12.6. The number of hydrogen-bond donors (Lipinski definition) is 1.